The van der Waals surface area contributed by atoms with E-state index in [1.54, 1.807) is 14.0 Å². The van der Waals surface area contributed by atoms with Crippen LogP contribution in [0.3, 0.4) is 0 Å². The lowest BCUT2D eigenvalue weighted by atomic mass is 10.2. The second-order valence-electron chi connectivity index (χ2n) is 2.49. The van der Waals surface area contributed by atoms with Crippen LogP contribution >= 0.6 is 0 Å². The lowest BCUT2D eigenvalue weighted by Crippen LogP contribution is -2.02. The Hall–Kier alpha value is -0.700. The Labute approximate surface area is 67.5 Å². The summed E-state index contributed by atoms with van der Waals surface area (Å²) in [7, 11) is 1.63. The van der Waals surface area contributed by atoms with Crippen LogP contribution in [0.25, 0.3) is 0 Å². The van der Waals surface area contributed by atoms with Gasteiger partial charge in [0, 0.05) is 19.2 Å². The Bertz CT molecular complexity index is 152. The molecule has 0 saturated carbocycles. The van der Waals surface area contributed by atoms with Crippen molar-refractivity contribution in [3.8, 4) is 0 Å². The van der Waals surface area contributed by atoms with Gasteiger partial charge in [-0.25, -0.2) is 0 Å². The molecule has 0 amide bonds. The minimum Gasteiger partial charge on any atom is -0.383 e. The number of ketones is 1. The second kappa shape index (κ2) is 6.04. The molecule has 0 aliphatic rings. The maximum atomic E-state index is 10.6. The zero-order valence-electron chi connectivity index (χ0n) is 7.39. The van der Waals surface area contributed by atoms with Crippen LogP contribution in [0.4, 0.5) is 0 Å². The van der Waals surface area contributed by atoms with Crippen LogP contribution in [0.1, 0.15) is 20.3 Å². The highest BCUT2D eigenvalue weighted by molar-refractivity contribution is 5.99. The van der Waals surface area contributed by atoms with E-state index in [0.29, 0.717) is 19.6 Å². The summed E-state index contributed by atoms with van der Waals surface area (Å²) in [6.07, 6.45) is 0.462. The van der Waals surface area contributed by atoms with Crippen LogP contribution in [-0.2, 0) is 9.53 Å². The van der Waals surface area contributed by atoms with E-state index in [1.807, 2.05) is 6.92 Å². The fourth-order valence-electron chi connectivity index (χ4n) is 0.744. The molecule has 0 aromatic carbocycles. The van der Waals surface area contributed by atoms with Gasteiger partial charge in [0.15, 0.2) is 0 Å². The number of hydrogen-bond acceptors (Lipinski definition) is 3. The number of aliphatic imine (C=N–C) groups is 1. The van der Waals surface area contributed by atoms with Crippen LogP contribution in [0.5, 0.6) is 0 Å². The van der Waals surface area contributed by atoms with Crippen molar-refractivity contribution in [3.63, 3.8) is 0 Å². The Morgan fingerprint density at radius 3 is 2.55 bits per heavy atom. The van der Waals surface area contributed by atoms with Gasteiger partial charge in [-0.3, -0.25) is 9.79 Å². The molecular weight excluding hydrogens is 142 g/mol. The van der Waals surface area contributed by atoms with Crippen molar-refractivity contribution in [1.29, 1.82) is 0 Å². The molecule has 0 N–H and O–H groups in total. The molecule has 0 heterocycles. The third kappa shape index (κ3) is 7.19. The molecule has 11 heavy (non-hydrogen) atoms. The van der Waals surface area contributed by atoms with Crippen LogP contribution in [0.15, 0.2) is 4.99 Å². The van der Waals surface area contributed by atoms with Gasteiger partial charge in [-0.1, -0.05) is 0 Å². The topological polar surface area (TPSA) is 38.7 Å². The highest BCUT2D eigenvalue weighted by Crippen LogP contribution is 1.87. The van der Waals surface area contributed by atoms with E-state index < -0.39 is 0 Å². The highest BCUT2D eigenvalue weighted by atomic mass is 16.5. The van der Waals surface area contributed by atoms with Crippen molar-refractivity contribution in [2.45, 2.75) is 20.3 Å². The maximum Gasteiger partial charge on any atom is 0.135 e. The summed E-state index contributed by atoms with van der Waals surface area (Å²) in [6.45, 7) is 4.69. The molecule has 0 spiro atoms. The second-order valence-corrected chi connectivity index (χ2v) is 2.49. The average Bonchev–Trinajstić information content (AvgIpc) is 1.86. The summed E-state index contributed by atoms with van der Waals surface area (Å²) in [5.74, 6) is 0.156. The van der Waals surface area contributed by atoms with Gasteiger partial charge in [-0.15, -0.1) is 0 Å². The number of ether oxygens (including phenoxy) is 1. The summed E-state index contributed by atoms with van der Waals surface area (Å²) in [4.78, 5) is 14.7. The van der Waals surface area contributed by atoms with Crippen molar-refractivity contribution in [1.82, 2.24) is 0 Å². The minimum absolute atomic E-state index is 0.156. The highest BCUT2D eigenvalue weighted by Gasteiger charge is 1.95. The van der Waals surface area contributed by atoms with Crippen molar-refractivity contribution < 1.29 is 9.53 Å². The zero-order chi connectivity index (χ0) is 8.69. The molecule has 0 aliphatic heterocycles. The van der Waals surface area contributed by atoms with Crippen LogP contribution in [-0.4, -0.2) is 31.8 Å². The Morgan fingerprint density at radius 1 is 1.45 bits per heavy atom. The largest absolute Gasteiger partial charge is 0.383 e. The van der Waals surface area contributed by atoms with Gasteiger partial charge in [-0.2, -0.15) is 0 Å². The number of methoxy groups -OCH3 is 1. The molecule has 0 radical (unpaired) electrons. The van der Waals surface area contributed by atoms with Gasteiger partial charge in [0.05, 0.1) is 13.2 Å². The number of carbonyl (C=O) groups is 1. The van der Waals surface area contributed by atoms with Crippen molar-refractivity contribution in [2.24, 2.45) is 4.99 Å². The van der Waals surface area contributed by atoms with Crippen LogP contribution in [0, 0.1) is 0 Å². The van der Waals surface area contributed by atoms with Gasteiger partial charge in [-0.05, 0) is 13.8 Å². The Balaban J connectivity index is 3.54. The normalized spacial score (nSPS) is 11.7. The van der Waals surface area contributed by atoms with E-state index in [1.165, 1.54) is 0 Å². The van der Waals surface area contributed by atoms with E-state index >= 15 is 0 Å². The molecule has 0 fully saturated rings. The van der Waals surface area contributed by atoms with Crippen molar-refractivity contribution >= 4 is 11.5 Å². The van der Waals surface area contributed by atoms with Crippen molar-refractivity contribution in [3.05, 3.63) is 0 Å². The van der Waals surface area contributed by atoms with Gasteiger partial charge in [0.2, 0.25) is 0 Å². The molecule has 0 aromatic rings. The van der Waals surface area contributed by atoms with E-state index in [9.17, 15) is 4.79 Å². The fraction of sp³-hybridized carbons (Fsp3) is 0.750. The molecule has 0 atom stereocenters. The number of carbonyl (C=O) groups excluding carboxylic acids is 1. The first kappa shape index (κ1) is 10.3. The first-order valence-electron chi connectivity index (χ1n) is 3.65. The minimum atomic E-state index is 0.156. The van der Waals surface area contributed by atoms with Crippen molar-refractivity contribution in [2.75, 3.05) is 20.3 Å². The van der Waals surface area contributed by atoms with Gasteiger partial charge in [0.1, 0.15) is 5.78 Å². The summed E-state index contributed by atoms with van der Waals surface area (Å²) in [6, 6.07) is 0. The molecule has 0 saturated heterocycles. The Kier molecular flexibility index (Phi) is 5.65. The third-order valence-corrected chi connectivity index (χ3v) is 1.18. The van der Waals surface area contributed by atoms with Gasteiger partial charge < -0.3 is 4.74 Å². The first-order valence-corrected chi connectivity index (χ1v) is 3.65. The fourth-order valence-corrected chi connectivity index (χ4v) is 0.744. The van der Waals surface area contributed by atoms with Gasteiger partial charge in [0.25, 0.3) is 0 Å². The first-order chi connectivity index (χ1) is 5.16. The standard InChI is InChI=1S/C8H15NO2/c1-7(6-8(2)10)9-4-5-11-3/h4-6H2,1-3H3/b9-7+. The predicted octanol–water partition coefficient (Wildman–Crippen LogP) is 1.07. The number of Topliss-reactive ketones (excluding diaryl/α,β-unsaturated/α-hetero) is 1. The van der Waals surface area contributed by atoms with E-state index in [2.05, 4.69) is 4.99 Å². The molecular formula is C8H15NO2. The molecule has 3 heteroatoms. The van der Waals surface area contributed by atoms with Crippen LogP contribution in [0.2, 0.25) is 0 Å². The Morgan fingerprint density at radius 2 is 2.09 bits per heavy atom. The zero-order valence-corrected chi connectivity index (χ0v) is 7.39. The predicted molar refractivity (Wildman–Crippen MR) is 45.2 cm³/mol. The summed E-state index contributed by atoms with van der Waals surface area (Å²) in [5.41, 5.74) is 0.884. The summed E-state index contributed by atoms with van der Waals surface area (Å²) >= 11 is 0. The molecule has 3 nitrogen and oxygen atoms in total. The van der Waals surface area contributed by atoms with Gasteiger partial charge >= 0.3 is 0 Å². The average molecular weight is 157 g/mol. The lowest BCUT2D eigenvalue weighted by molar-refractivity contribution is -0.115. The number of nitrogens with zero attached hydrogens (tertiary/aromatic N) is 1. The lowest BCUT2D eigenvalue weighted by Gasteiger charge is -1.96. The number of rotatable bonds is 5. The quantitative estimate of drug-likeness (QED) is 0.442. The summed E-state index contributed by atoms with van der Waals surface area (Å²) in [5, 5.41) is 0. The smallest absolute Gasteiger partial charge is 0.135 e. The van der Waals surface area contributed by atoms with E-state index in [0.717, 1.165) is 5.71 Å². The number of hydrogen-bond donors (Lipinski definition) is 0. The SMILES string of the molecule is COCC/N=C(\C)CC(C)=O. The molecule has 0 bridgehead atoms. The molecule has 0 aromatic heterocycles. The monoisotopic (exact) mass is 157 g/mol. The third-order valence-electron chi connectivity index (χ3n) is 1.18. The van der Waals surface area contributed by atoms with E-state index in [4.69, 9.17) is 4.74 Å². The van der Waals surface area contributed by atoms with E-state index in [-0.39, 0.29) is 5.78 Å². The summed E-state index contributed by atoms with van der Waals surface area (Å²) < 4.78 is 4.81. The molecule has 0 rings (SSSR count). The molecule has 0 unspecified atom stereocenters. The van der Waals surface area contributed by atoms with Crippen LogP contribution < -0.4 is 0 Å². The molecule has 0 aliphatic carbocycles. The molecule has 64 valence electrons. The maximum absolute atomic E-state index is 10.6.